The van der Waals surface area contributed by atoms with Crippen LogP contribution in [0.3, 0.4) is 0 Å². The number of nitrogens with zero attached hydrogens (tertiary/aromatic N) is 3. The van der Waals surface area contributed by atoms with Gasteiger partial charge in [-0.05, 0) is 48.8 Å². The van der Waals surface area contributed by atoms with Crippen LogP contribution >= 0.6 is 15.9 Å². The molecule has 1 aliphatic rings. The van der Waals surface area contributed by atoms with Crippen molar-refractivity contribution in [2.75, 3.05) is 23.3 Å². The molecule has 0 bridgehead atoms. The standard InChI is InChI=1S/C21H23BrN6O3/c1-21(2,3)31-20(30)28(13-8-24-9-13)17-14(22)10-25-18-16(17)15(11-26-18)27-19(29)12-5-4-6-23-7-12/h4-7,10-11,13,24H,8-9H2,1-3H3,(H,25,26)(H,27,29). The van der Waals surface area contributed by atoms with Gasteiger partial charge in [-0.25, -0.2) is 9.78 Å². The molecule has 1 aliphatic heterocycles. The van der Waals surface area contributed by atoms with Crippen molar-refractivity contribution in [3.8, 4) is 0 Å². The van der Waals surface area contributed by atoms with Crippen molar-refractivity contribution in [2.45, 2.75) is 32.4 Å². The van der Waals surface area contributed by atoms with Crippen LogP contribution in [0.5, 0.6) is 0 Å². The molecular weight excluding hydrogens is 464 g/mol. The Balaban J connectivity index is 1.79. The van der Waals surface area contributed by atoms with Gasteiger partial charge in [0.2, 0.25) is 0 Å². The Bertz CT molecular complexity index is 1120. The number of ether oxygens (including phenoxy) is 1. The molecule has 3 aromatic heterocycles. The first kappa shape index (κ1) is 21.3. The summed E-state index contributed by atoms with van der Waals surface area (Å²) in [5.41, 5.74) is 1.41. The third-order valence-corrected chi connectivity index (χ3v) is 5.34. The van der Waals surface area contributed by atoms with Gasteiger partial charge in [0.25, 0.3) is 5.91 Å². The number of anilines is 2. The molecule has 4 rings (SSSR count). The summed E-state index contributed by atoms with van der Waals surface area (Å²) in [4.78, 5) is 39.0. The molecular formula is C21H23BrN6O3. The van der Waals surface area contributed by atoms with Gasteiger partial charge >= 0.3 is 6.09 Å². The van der Waals surface area contributed by atoms with Crippen LogP contribution in [0.2, 0.25) is 0 Å². The van der Waals surface area contributed by atoms with E-state index in [0.29, 0.717) is 45.5 Å². The maximum atomic E-state index is 13.2. The van der Waals surface area contributed by atoms with E-state index in [0.717, 1.165) is 0 Å². The molecule has 2 amide bonds. The van der Waals surface area contributed by atoms with Gasteiger partial charge in [0, 0.05) is 37.9 Å². The van der Waals surface area contributed by atoms with Crippen LogP contribution in [0.1, 0.15) is 31.1 Å². The molecule has 4 heterocycles. The first-order valence-corrected chi connectivity index (χ1v) is 10.6. The van der Waals surface area contributed by atoms with E-state index in [9.17, 15) is 9.59 Å². The SMILES string of the molecule is CC(C)(C)OC(=O)N(c1c(Br)cnc2[nH]cc(NC(=O)c3cccnc3)c12)C1CNC1. The van der Waals surface area contributed by atoms with E-state index in [2.05, 4.69) is 41.5 Å². The van der Waals surface area contributed by atoms with Gasteiger partial charge in [-0.15, -0.1) is 0 Å². The average Bonchev–Trinajstić information content (AvgIpc) is 3.07. The van der Waals surface area contributed by atoms with Gasteiger partial charge in [0.05, 0.1) is 32.8 Å². The van der Waals surface area contributed by atoms with Crippen molar-refractivity contribution in [1.82, 2.24) is 20.3 Å². The van der Waals surface area contributed by atoms with Crippen LogP contribution in [-0.4, -0.2) is 51.7 Å². The third-order valence-electron chi connectivity index (χ3n) is 4.76. The minimum absolute atomic E-state index is 0.0893. The summed E-state index contributed by atoms with van der Waals surface area (Å²) in [6.07, 6.45) is 5.93. The number of aromatic nitrogens is 3. The minimum Gasteiger partial charge on any atom is -0.443 e. The number of aromatic amines is 1. The molecule has 0 radical (unpaired) electrons. The lowest BCUT2D eigenvalue weighted by atomic mass is 10.1. The van der Waals surface area contributed by atoms with Gasteiger partial charge in [0.1, 0.15) is 11.2 Å². The van der Waals surface area contributed by atoms with E-state index >= 15 is 0 Å². The zero-order valence-corrected chi connectivity index (χ0v) is 19.0. The van der Waals surface area contributed by atoms with Crippen molar-refractivity contribution < 1.29 is 14.3 Å². The molecule has 10 heteroatoms. The molecule has 9 nitrogen and oxygen atoms in total. The lowest BCUT2D eigenvalue weighted by molar-refractivity contribution is 0.0555. The van der Waals surface area contributed by atoms with Crippen molar-refractivity contribution in [1.29, 1.82) is 0 Å². The molecule has 1 saturated heterocycles. The summed E-state index contributed by atoms with van der Waals surface area (Å²) in [5, 5.41) is 6.71. The monoisotopic (exact) mass is 486 g/mol. The smallest absolute Gasteiger partial charge is 0.415 e. The second-order valence-electron chi connectivity index (χ2n) is 8.24. The molecule has 0 aromatic carbocycles. The predicted octanol–water partition coefficient (Wildman–Crippen LogP) is 3.69. The largest absolute Gasteiger partial charge is 0.443 e. The number of amides is 2. The van der Waals surface area contributed by atoms with Crippen LogP contribution in [0.25, 0.3) is 11.0 Å². The molecule has 0 unspecified atom stereocenters. The topological polar surface area (TPSA) is 112 Å². The number of H-pyrrole nitrogens is 1. The summed E-state index contributed by atoms with van der Waals surface area (Å²) in [6, 6.07) is 3.29. The van der Waals surface area contributed by atoms with Gasteiger partial charge in [0.15, 0.2) is 0 Å². The zero-order valence-electron chi connectivity index (χ0n) is 17.4. The van der Waals surface area contributed by atoms with E-state index in [4.69, 9.17) is 4.74 Å². The summed E-state index contributed by atoms with van der Waals surface area (Å²) in [7, 11) is 0. The van der Waals surface area contributed by atoms with E-state index < -0.39 is 11.7 Å². The number of pyridine rings is 2. The van der Waals surface area contributed by atoms with Crippen LogP contribution < -0.4 is 15.5 Å². The highest BCUT2D eigenvalue weighted by Gasteiger charge is 2.36. The summed E-state index contributed by atoms with van der Waals surface area (Å²) < 4.78 is 6.31. The van der Waals surface area contributed by atoms with Gasteiger partial charge in [-0.2, -0.15) is 0 Å². The normalized spacial score (nSPS) is 14.2. The molecule has 3 N–H and O–H groups in total. The summed E-state index contributed by atoms with van der Waals surface area (Å²) in [5.74, 6) is -0.311. The van der Waals surface area contributed by atoms with Gasteiger partial charge < -0.3 is 20.4 Å². The average molecular weight is 487 g/mol. The molecule has 0 saturated carbocycles. The number of rotatable bonds is 4. The molecule has 0 spiro atoms. The summed E-state index contributed by atoms with van der Waals surface area (Å²) >= 11 is 3.55. The molecule has 0 atom stereocenters. The van der Waals surface area contributed by atoms with E-state index in [1.54, 1.807) is 35.6 Å². The van der Waals surface area contributed by atoms with Crippen LogP contribution in [0.4, 0.5) is 16.2 Å². The highest BCUT2D eigenvalue weighted by molar-refractivity contribution is 9.10. The van der Waals surface area contributed by atoms with Crippen molar-refractivity contribution in [3.63, 3.8) is 0 Å². The molecule has 1 fully saturated rings. The fourth-order valence-electron chi connectivity index (χ4n) is 3.27. The van der Waals surface area contributed by atoms with Crippen molar-refractivity contribution in [3.05, 3.63) is 47.0 Å². The zero-order chi connectivity index (χ0) is 22.2. The maximum absolute atomic E-state index is 13.2. The van der Waals surface area contributed by atoms with Crippen LogP contribution in [-0.2, 0) is 4.74 Å². The lowest BCUT2D eigenvalue weighted by Crippen LogP contribution is -2.60. The molecule has 0 aliphatic carbocycles. The molecule has 31 heavy (non-hydrogen) atoms. The van der Waals surface area contributed by atoms with E-state index in [-0.39, 0.29) is 11.9 Å². The number of hydrogen-bond acceptors (Lipinski definition) is 6. The van der Waals surface area contributed by atoms with Gasteiger partial charge in [-0.3, -0.25) is 14.7 Å². The fraction of sp³-hybridized carbons (Fsp3) is 0.333. The maximum Gasteiger partial charge on any atom is 0.415 e. The summed E-state index contributed by atoms with van der Waals surface area (Å²) in [6.45, 7) is 6.76. The second-order valence-corrected chi connectivity index (χ2v) is 9.09. The predicted molar refractivity (Wildman–Crippen MR) is 121 cm³/mol. The first-order valence-electron chi connectivity index (χ1n) is 9.84. The first-order chi connectivity index (χ1) is 14.7. The van der Waals surface area contributed by atoms with Gasteiger partial charge in [-0.1, -0.05) is 0 Å². The number of carbonyl (C=O) groups excluding carboxylic acids is 2. The Morgan fingerprint density at radius 3 is 2.68 bits per heavy atom. The highest BCUT2D eigenvalue weighted by atomic mass is 79.9. The van der Waals surface area contributed by atoms with Crippen LogP contribution in [0, 0.1) is 0 Å². The number of nitrogens with one attached hydrogen (secondary N) is 3. The van der Waals surface area contributed by atoms with E-state index in [1.165, 1.54) is 6.20 Å². The number of halogens is 1. The highest BCUT2D eigenvalue weighted by Crippen LogP contribution is 2.40. The third kappa shape index (κ3) is 4.40. The molecule has 162 valence electrons. The quantitative estimate of drug-likeness (QED) is 0.518. The number of hydrogen-bond donors (Lipinski definition) is 3. The Kier molecular flexibility index (Phi) is 5.67. The Morgan fingerprint density at radius 2 is 2.06 bits per heavy atom. The Labute approximate surface area is 187 Å². The Hall–Kier alpha value is -2.98. The Morgan fingerprint density at radius 1 is 1.29 bits per heavy atom. The van der Waals surface area contributed by atoms with Crippen LogP contribution in [0.15, 0.2) is 41.4 Å². The van der Waals surface area contributed by atoms with E-state index in [1.807, 2.05) is 20.8 Å². The minimum atomic E-state index is -0.652. The molecule has 3 aromatic rings. The lowest BCUT2D eigenvalue weighted by Gasteiger charge is -2.39. The van der Waals surface area contributed by atoms with Crippen molar-refractivity contribution >= 4 is 50.3 Å². The number of carbonyl (C=O) groups is 2. The second kappa shape index (κ2) is 8.27. The number of fused-ring (bicyclic) bond motifs is 1. The fourth-order valence-corrected chi connectivity index (χ4v) is 3.76. The van der Waals surface area contributed by atoms with Crippen molar-refractivity contribution in [2.24, 2.45) is 0 Å².